The second kappa shape index (κ2) is 25.3. The fourth-order valence-corrected chi connectivity index (χ4v) is 6.63. The number of allylic oxidation sites excluding steroid dienone is 2. The van der Waals surface area contributed by atoms with E-state index >= 15 is 0 Å². The van der Waals surface area contributed by atoms with Crippen molar-refractivity contribution < 1.29 is 65.2 Å². The quantitative estimate of drug-likeness (QED) is 0.0948. The van der Waals surface area contributed by atoms with Gasteiger partial charge in [-0.3, -0.25) is 9.59 Å². The van der Waals surface area contributed by atoms with E-state index in [2.05, 4.69) is 19.9 Å². The van der Waals surface area contributed by atoms with E-state index in [0.29, 0.717) is 33.6 Å². The molecule has 0 spiro atoms. The first-order chi connectivity index (χ1) is 30.6. The number of ketones is 2. The molecule has 356 valence electrons. The van der Waals surface area contributed by atoms with Gasteiger partial charge in [-0.2, -0.15) is 0 Å². The van der Waals surface area contributed by atoms with Crippen LogP contribution < -0.4 is 18.8 Å². The summed E-state index contributed by atoms with van der Waals surface area (Å²) in [4.78, 5) is 63.2. The fourth-order valence-electron chi connectivity index (χ4n) is 5.87. The van der Waals surface area contributed by atoms with Gasteiger partial charge in [-0.15, -0.1) is 0 Å². The topological polar surface area (TPSA) is 281 Å². The van der Waals surface area contributed by atoms with Crippen molar-refractivity contribution in [2.75, 3.05) is 35.2 Å². The third-order valence-electron chi connectivity index (χ3n) is 9.36. The van der Waals surface area contributed by atoms with Gasteiger partial charge in [-0.25, -0.2) is 54.2 Å². The number of rotatable bonds is 20. The van der Waals surface area contributed by atoms with Gasteiger partial charge >= 0.3 is 37.7 Å². The van der Waals surface area contributed by atoms with E-state index < -0.39 is 93.1 Å². The summed E-state index contributed by atoms with van der Waals surface area (Å²) in [6.07, 6.45) is 2.20. The van der Waals surface area contributed by atoms with Crippen LogP contribution in [0.5, 0.6) is 0 Å². The van der Waals surface area contributed by atoms with Crippen molar-refractivity contribution in [1.29, 1.82) is 0 Å². The molecule has 23 heteroatoms. The Morgan fingerprint density at radius 1 is 0.597 bits per heavy atom. The Morgan fingerprint density at radius 2 is 0.896 bits per heavy atom. The van der Waals surface area contributed by atoms with Crippen molar-refractivity contribution in [3.8, 4) is 22.5 Å². The maximum absolute atomic E-state index is 13.5. The zero-order chi connectivity index (χ0) is 49.8. The van der Waals surface area contributed by atoms with Gasteiger partial charge in [0.05, 0.1) is 47.5 Å². The van der Waals surface area contributed by atoms with Gasteiger partial charge in [0.25, 0.3) is 0 Å². The normalized spacial score (nSPS) is 12.6. The zero-order valence-corrected chi connectivity index (χ0v) is 41.8. The molecule has 2 aromatic carbocycles. The van der Waals surface area contributed by atoms with Gasteiger partial charge in [-0.1, -0.05) is 27.7 Å². The third kappa shape index (κ3) is 17.8. The van der Waals surface area contributed by atoms with Crippen LogP contribution in [0.15, 0.2) is 60.7 Å². The van der Waals surface area contributed by atoms with E-state index in [1.54, 1.807) is 0 Å². The molecule has 0 saturated heterocycles. The molecular formula is C44H50CaF2N6O12S2. The fraction of sp³-hybridized carbons (Fsp3) is 0.364. The first-order valence-corrected chi connectivity index (χ1v) is 23.7. The van der Waals surface area contributed by atoms with Crippen molar-refractivity contribution in [1.82, 2.24) is 19.9 Å². The van der Waals surface area contributed by atoms with E-state index in [-0.39, 0.29) is 72.9 Å². The minimum atomic E-state index is -3.67. The van der Waals surface area contributed by atoms with Crippen LogP contribution in [0.1, 0.15) is 87.7 Å². The average Bonchev–Trinajstić information content (AvgIpc) is 3.20. The zero-order valence-electron chi connectivity index (χ0n) is 38.0. The number of aliphatic carboxylic acids is 2. The number of aliphatic hydroxyl groups is 2. The van der Waals surface area contributed by atoms with E-state index in [9.17, 15) is 65.2 Å². The number of carbonyl (C=O) groups excluding carboxylic acids is 4. The molecule has 2 N–H and O–H groups in total. The summed E-state index contributed by atoms with van der Waals surface area (Å²) in [6.45, 7) is 7.29. The second-order valence-electron chi connectivity index (χ2n) is 15.6. The summed E-state index contributed by atoms with van der Waals surface area (Å²) >= 11 is 0. The van der Waals surface area contributed by atoms with Gasteiger partial charge < -0.3 is 30.0 Å². The summed E-state index contributed by atoms with van der Waals surface area (Å²) in [5, 5.41) is 40.5. The van der Waals surface area contributed by atoms with Gasteiger partial charge in [0.1, 0.15) is 11.6 Å². The Bertz CT molecular complexity index is 2520. The molecule has 2 aromatic heterocycles. The van der Waals surface area contributed by atoms with Crippen LogP contribution in [0.3, 0.4) is 0 Å². The van der Waals surface area contributed by atoms with Crippen LogP contribution in [-0.2, 0) is 39.2 Å². The Balaban J connectivity index is 0.000000453. The Labute approximate surface area is 417 Å². The molecule has 0 radical (unpaired) electrons. The van der Waals surface area contributed by atoms with Crippen molar-refractivity contribution in [3.63, 3.8) is 0 Å². The molecule has 0 bridgehead atoms. The summed E-state index contributed by atoms with van der Waals surface area (Å²) in [5.41, 5.74) is 3.18. The third-order valence-corrected chi connectivity index (χ3v) is 11.7. The number of aliphatic hydroxyl groups excluding tert-OH is 2. The van der Waals surface area contributed by atoms with E-state index in [0.717, 1.165) is 33.3 Å². The Hall–Kier alpha value is -5.10. The molecule has 0 fully saturated rings. The molecule has 2 heterocycles. The van der Waals surface area contributed by atoms with Crippen LogP contribution in [0, 0.1) is 11.6 Å². The number of benzene rings is 2. The molecule has 18 nitrogen and oxygen atoms in total. The van der Waals surface area contributed by atoms with E-state index in [4.69, 9.17) is 0 Å². The number of hydrogen-bond donors (Lipinski definition) is 2. The predicted molar refractivity (Wildman–Crippen MR) is 244 cm³/mol. The summed E-state index contributed by atoms with van der Waals surface area (Å²) in [5.74, 6) is -5.57. The summed E-state index contributed by atoms with van der Waals surface area (Å²) < 4.78 is 77.0. The molecule has 0 aliphatic rings. The number of halogens is 2. The Morgan fingerprint density at radius 3 is 1.15 bits per heavy atom. The van der Waals surface area contributed by atoms with Gasteiger partial charge in [0.2, 0.25) is 31.9 Å². The molecule has 4 rings (SSSR count). The van der Waals surface area contributed by atoms with Gasteiger partial charge in [-0.05, 0) is 84.7 Å². The maximum atomic E-state index is 13.5. The van der Waals surface area contributed by atoms with Crippen molar-refractivity contribution in [2.45, 2.75) is 77.4 Å². The molecule has 0 unspecified atom stereocenters. The Kier molecular flexibility index (Phi) is 21.9. The van der Waals surface area contributed by atoms with Crippen molar-refractivity contribution in [3.05, 3.63) is 94.8 Å². The average molecular weight is 997 g/mol. The largest absolute Gasteiger partial charge is 2.00 e. The molecule has 0 amide bonds. The number of carboxylic acids is 2. The number of anilines is 2. The molecule has 0 saturated carbocycles. The van der Waals surface area contributed by atoms with Crippen LogP contribution >= 0.6 is 0 Å². The van der Waals surface area contributed by atoms with Gasteiger partial charge in [0.15, 0.2) is 11.6 Å². The van der Waals surface area contributed by atoms with Crippen LogP contribution in [0.2, 0.25) is 0 Å². The molecule has 67 heavy (non-hydrogen) atoms. The monoisotopic (exact) mass is 996 g/mol. The number of carboxylic acid groups (broad SMARTS) is 2. The first kappa shape index (κ1) is 58.0. The van der Waals surface area contributed by atoms with Crippen molar-refractivity contribution >= 4 is 105 Å². The smallest absolute Gasteiger partial charge is 0.550 e. The molecule has 0 aliphatic carbocycles. The van der Waals surface area contributed by atoms with Gasteiger partial charge in [0, 0.05) is 74.0 Å². The van der Waals surface area contributed by atoms with E-state index in [1.807, 2.05) is 27.7 Å². The van der Waals surface area contributed by atoms with Crippen LogP contribution in [0.4, 0.5) is 20.7 Å². The van der Waals surface area contributed by atoms with E-state index in [1.165, 1.54) is 74.8 Å². The minimum Gasteiger partial charge on any atom is -0.550 e. The van der Waals surface area contributed by atoms with Crippen LogP contribution in [0.25, 0.3) is 34.7 Å². The number of aromatic nitrogens is 4. The number of carbonyl (C=O) groups is 4. The number of hydrogen-bond acceptors (Lipinski definition) is 16. The second-order valence-corrected chi connectivity index (χ2v) is 19.6. The minimum absolute atomic E-state index is 0. The van der Waals surface area contributed by atoms with Crippen LogP contribution in [-0.4, -0.2) is 147 Å². The molecule has 4 aromatic rings. The SMILES string of the molecule is CC(C)c1nc(N(C)S(C)(=O)=O)nc(-c2ccc(F)cc2)c1/C=C/C(=O)C[C@H](O)CC(=O)[O-].CC(C)c1nc(N(C)S(C)(=O)=O)nc(-c2ccc(F)cc2)c1/C=C/C(=O)C[C@H](O)CC(=O)[O-].[Ca+2]. The molecule has 0 aliphatic heterocycles. The molecule has 2 atom stereocenters. The van der Waals surface area contributed by atoms with Crippen molar-refractivity contribution in [2.24, 2.45) is 0 Å². The number of nitrogens with zero attached hydrogens (tertiary/aromatic N) is 6. The first-order valence-electron chi connectivity index (χ1n) is 20.0. The molecular weight excluding hydrogens is 947 g/mol. The summed E-state index contributed by atoms with van der Waals surface area (Å²) in [6, 6.07) is 10.8. The maximum Gasteiger partial charge on any atom is 2.00 e. The standard InChI is InChI=1S/2C22H26FN3O6S.Ca/c2*1-13(2)20-18(10-9-16(27)11-17(28)12-19(29)30)21(14-5-7-15(23)8-6-14)25-22(24-20)26(3)33(4,31)32;/h2*5-10,13,17,28H,11-12H2,1-4H3,(H,29,30);/q;;+2/p-2/b2*10-9+;/t2*17-;/m00./s1. The number of sulfonamides is 2. The predicted octanol–water partition coefficient (Wildman–Crippen LogP) is 2.17. The summed E-state index contributed by atoms with van der Waals surface area (Å²) in [7, 11) is -4.73.